The third kappa shape index (κ3) is 4.98. The molecule has 1 aliphatic rings. The third-order valence-electron chi connectivity index (χ3n) is 5.33. The maximum absolute atomic E-state index is 12.2. The summed E-state index contributed by atoms with van der Waals surface area (Å²) in [6, 6.07) is 15.2. The van der Waals surface area contributed by atoms with E-state index in [0.29, 0.717) is 23.3 Å². The number of fused-ring (bicyclic) bond motifs is 1. The van der Waals surface area contributed by atoms with Gasteiger partial charge in [0.05, 0.1) is 12.2 Å². The third-order valence-corrected chi connectivity index (χ3v) is 5.57. The number of pyridine rings is 2. The molecule has 3 heterocycles. The maximum atomic E-state index is 12.2. The largest absolute Gasteiger partial charge is 0.379 e. The quantitative estimate of drug-likeness (QED) is 0.369. The fourth-order valence-corrected chi connectivity index (χ4v) is 3.76. The molecule has 32 heavy (non-hydrogen) atoms. The molecule has 5 rings (SSSR count). The molecule has 1 aromatic carbocycles. The van der Waals surface area contributed by atoms with Crippen molar-refractivity contribution in [2.75, 3.05) is 10.6 Å². The van der Waals surface area contributed by atoms with E-state index in [2.05, 4.69) is 49.5 Å². The topological polar surface area (TPSA) is 71.3 Å². The number of nitrogens with zero attached hydrogens (tertiary/aromatic N) is 3. The van der Waals surface area contributed by atoms with E-state index in [0.717, 1.165) is 22.6 Å². The van der Waals surface area contributed by atoms with Crippen molar-refractivity contribution in [3.63, 3.8) is 0 Å². The lowest BCUT2D eigenvalue weighted by atomic mass is 10.2. The first-order valence-corrected chi connectivity index (χ1v) is 10.9. The monoisotopic (exact) mass is 443 g/mol. The van der Waals surface area contributed by atoms with Crippen molar-refractivity contribution in [2.24, 2.45) is 0 Å². The van der Waals surface area contributed by atoms with Crippen LogP contribution in [0.2, 0.25) is 5.02 Å². The Balaban J connectivity index is 1.20. The van der Waals surface area contributed by atoms with E-state index in [1.54, 1.807) is 30.5 Å². The van der Waals surface area contributed by atoms with Crippen LogP contribution in [-0.4, -0.2) is 20.3 Å². The Morgan fingerprint density at radius 1 is 1.16 bits per heavy atom. The van der Waals surface area contributed by atoms with Crippen LogP contribution < -0.4 is 10.6 Å². The number of halogens is 1. The van der Waals surface area contributed by atoms with Gasteiger partial charge in [-0.1, -0.05) is 29.8 Å². The van der Waals surface area contributed by atoms with Crippen molar-refractivity contribution >= 4 is 40.7 Å². The van der Waals surface area contributed by atoms with Crippen molar-refractivity contribution in [2.45, 2.75) is 25.3 Å². The average Bonchev–Trinajstić information content (AvgIpc) is 3.56. The van der Waals surface area contributed by atoms with Crippen LogP contribution in [0.4, 0.5) is 11.5 Å². The molecular weight excluding hydrogens is 422 g/mol. The fourth-order valence-electron chi connectivity index (χ4n) is 3.56. The van der Waals surface area contributed by atoms with Gasteiger partial charge in [0.2, 0.25) is 5.91 Å². The summed E-state index contributed by atoms with van der Waals surface area (Å²) in [6.45, 7) is 0.576. The Morgan fingerprint density at radius 3 is 2.91 bits per heavy atom. The number of hydrogen-bond donors (Lipinski definition) is 2. The molecule has 0 radical (unpaired) electrons. The van der Waals surface area contributed by atoms with E-state index in [1.165, 1.54) is 24.5 Å². The van der Waals surface area contributed by atoms with Crippen LogP contribution in [0.15, 0.2) is 73.2 Å². The van der Waals surface area contributed by atoms with Crippen molar-refractivity contribution in [3.8, 4) is 0 Å². The molecule has 0 aliphatic heterocycles. The Kier molecular flexibility index (Phi) is 5.60. The Labute approximate surface area is 191 Å². The predicted molar refractivity (Wildman–Crippen MR) is 128 cm³/mol. The van der Waals surface area contributed by atoms with E-state index >= 15 is 0 Å². The molecule has 2 N–H and O–H groups in total. The first-order valence-electron chi connectivity index (χ1n) is 10.5. The van der Waals surface area contributed by atoms with Gasteiger partial charge in [-0.2, -0.15) is 0 Å². The number of benzene rings is 1. The first-order chi connectivity index (χ1) is 15.6. The van der Waals surface area contributed by atoms with Crippen molar-refractivity contribution < 1.29 is 4.79 Å². The molecule has 0 unspecified atom stereocenters. The Morgan fingerprint density at radius 2 is 2.06 bits per heavy atom. The number of hydrogen-bond acceptors (Lipinski definition) is 4. The molecule has 7 heteroatoms. The lowest BCUT2D eigenvalue weighted by Crippen LogP contribution is -2.09. The number of carbonyl (C=O) groups excluding carboxylic acids is 1. The normalized spacial score (nSPS) is 13.5. The van der Waals surface area contributed by atoms with Crippen LogP contribution in [0.3, 0.4) is 0 Å². The highest BCUT2D eigenvalue weighted by Gasteiger charge is 2.23. The summed E-state index contributed by atoms with van der Waals surface area (Å²) in [5, 5.41) is 6.76. The number of imidazole rings is 1. The van der Waals surface area contributed by atoms with Crippen LogP contribution >= 0.6 is 11.6 Å². The van der Waals surface area contributed by atoms with E-state index in [9.17, 15) is 4.79 Å². The number of nitrogens with one attached hydrogen (secondary N) is 2. The highest BCUT2D eigenvalue weighted by atomic mass is 35.5. The van der Waals surface area contributed by atoms with E-state index in [4.69, 9.17) is 11.6 Å². The molecule has 3 aromatic heterocycles. The van der Waals surface area contributed by atoms with Gasteiger partial charge < -0.3 is 15.0 Å². The first kappa shape index (κ1) is 20.3. The van der Waals surface area contributed by atoms with Gasteiger partial charge in [0.25, 0.3) is 0 Å². The molecule has 0 spiro atoms. The van der Waals surface area contributed by atoms with Crippen molar-refractivity contribution in [1.29, 1.82) is 0 Å². The van der Waals surface area contributed by atoms with Crippen LogP contribution in [-0.2, 0) is 11.3 Å². The summed E-state index contributed by atoms with van der Waals surface area (Å²) in [4.78, 5) is 21.1. The van der Waals surface area contributed by atoms with E-state index in [1.807, 2.05) is 18.2 Å². The molecule has 0 atom stereocenters. The van der Waals surface area contributed by atoms with E-state index < -0.39 is 0 Å². The number of anilines is 2. The molecule has 6 nitrogen and oxygen atoms in total. The highest BCUT2D eigenvalue weighted by Crippen LogP contribution is 2.39. The average molecular weight is 444 g/mol. The lowest BCUT2D eigenvalue weighted by molar-refractivity contribution is -0.111. The number of carbonyl (C=O) groups is 1. The van der Waals surface area contributed by atoms with Crippen LogP contribution in [0.1, 0.15) is 35.6 Å². The second kappa shape index (κ2) is 8.85. The maximum Gasteiger partial charge on any atom is 0.249 e. The zero-order valence-electron chi connectivity index (χ0n) is 17.3. The number of amides is 1. The van der Waals surface area contributed by atoms with Gasteiger partial charge in [0.1, 0.15) is 11.5 Å². The second-order valence-corrected chi connectivity index (χ2v) is 8.33. The minimum Gasteiger partial charge on any atom is -0.379 e. The Hall–Kier alpha value is -3.64. The van der Waals surface area contributed by atoms with Crippen molar-refractivity contribution in [3.05, 3.63) is 95.0 Å². The molecule has 0 saturated heterocycles. The summed E-state index contributed by atoms with van der Waals surface area (Å²) in [7, 11) is 0. The summed E-state index contributed by atoms with van der Waals surface area (Å²) in [6.07, 6.45) is 11.6. The summed E-state index contributed by atoms with van der Waals surface area (Å²) in [5.74, 6) is 0.926. The molecule has 1 saturated carbocycles. The zero-order chi connectivity index (χ0) is 21.9. The van der Waals surface area contributed by atoms with Crippen LogP contribution in [0.25, 0.3) is 11.7 Å². The van der Waals surface area contributed by atoms with Gasteiger partial charge >= 0.3 is 0 Å². The van der Waals surface area contributed by atoms with E-state index in [-0.39, 0.29) is 5.91 Å². The molecule has 160 valence electrons. The smallest absolute Gasteiger partial charge is 0.249 e. The molecule has 1 amide bonds. The van der Waals surface area contributed by atoms with Gasteiger partial charge in [-0.3, -0.25) is 4.79 Å². The fraction of sp³-hybridized carbons (Fsp3) is 0.160. The van der Waals surface area contributed by atoms with Gasteiger partial charge in [0, 0.05) is 41.4 Å². The van der Waals surface area contributed by atoms with Gasteiger partial charge in [-0.05, 0) is 60.2 Å². The summed E-state index contributed by atoms with van der Waals surface area (Å²) in [5.41, 5.74) is 4.98. The SMILES string of the molecule is O=C(/C=C/c1cccc(Cl)c1)Nc1cc(NCc2cn3cc(C4CC4)ccc3n2)ccn1. The second-order valence-electron chi connectivity index (χ2n) is 7.90. The van der Waals surface area contributed by atoms with Crippen LogP contribution in [0.5, 0.6) is 0 Å². The molecule has 1 aliphatic carbocycles. The Bertz CT molecular complexity index is 1310. The zero-order valence-corrected chi connectivity index (χ0v) is 18.1. The van der Waals surface area contributed by atoms with Gasteiger partial charge in [-0.15, -0.1) is 0 Å². The summed E-state index contributed by atoms with van der Waals surface area (Å²) < 4.78 is 2.09. The van der Waals surface area contributed by atoms with Crippen LogP contribution in [0, 0.1) is 0 Å². The van der Waals surface area contributed by atoms with Crippen molar-refractivity contribution in [1.82, 2.24) is 14.4 Å². The minimum absolute atomic E-state index is 0.263. The number of aromatic nitrogens is 3. The minimum atomic E-state index is -0.263. The molecular formula is C25H22ClN5O. The predicted octanol–water partition coefficient (Wildman–Crippen LogP) is 5.52. The molecule has 4 aromatic rings. The van der Waals surface area contributed by atoms with Gasteiger partial charge in [0.15, 0.2) is 0 Å². The standard InChI is InChI=1S/C25H22ClN5O/c26-20-3-1-2-17(12-20)4-9-25(32)30-23-13-21(10-11-27-23)28-14-22-16-31-15-19(18-5-6-18)7-8-24(31)29-22/h1-4,7-13,15-16,18H,5-6,14H2,(H2,27,28,30,32)/b9-4+. The number of rotatable bonds is 7. The van der Waals surface area contributed by atoms with Gasteiger partial charge in [-0.25, -0.2) is 9.97 Å². The highest BCUT2D eigenvalue weighted by molar-refractivity contribution is 6.30. The molecule has 1 fully saturated rings. The summed E-state index contributed by atoms with van der Waals surface area (Å²) >= 11 is 5.97. The lowest BCUT2D eigenvalue weighted by Gasteiger charge is -2.07. The molecule has 0 bridgehead atoms.